The Labute approximate surface area is 89.8 Å². The molecule has 0 saturated heterocycles. The molecule has 0 aliphatic carbocycles. The molecule has 1 N–H and O–H groups in total. The van der Waals surface area contributed by atoms with E-state index in [1.54, 1.807) is 25.3 Å². The molecular formula is C12H15NO2. The van der Waals surface area contributed by atoms with Crippen molar-refractivity contribution in [2.24, 2.45) is 0 Å². The van der Waals surface area contributed by atoms with E-state index in [0.717, 1.165) is 0 Å². The molecule has 0 fully saturated rings. The quantitative estimate of drug-likeness (QED) is 0.436. The normalized spacial score (nSPS) is 9.67. The third kappa shape index (κ3) is 3.22. The first-order valence-electron chi connectivity index (χ1n) is 4.77. The van der Waals surface area contributed by atoms with Crippen LogP contribution in [0.4, 0.5) is 0 Å². The first-order valence-corrected chi connectivity index (χ1v) is 4.77. The summed E-state index contributed by atoms with van der Waals surface area (Å²) in [6.45, 7) is 4.49. The van der Waals surface area contributed by atoms with Gasteiger partial charge in [-0.1, -0.05) is 18.2 Å². The number of para-hydroxylation sites is 1. The molecule has 0 bridgehead atoms. The molecule has 0 saturated carbocycles. The summed E-state index contributed by atoms with van der Waals surface area (Å²) in [5.74, 6) is 0.636. The third-order valence-corrected chi connectivity index (χ3v) is 1.98. The van der Waals surface area contributed by atoms with Crippen molar-refractivity contribution >= 4 is 5.78 Å². The maximum absolute atomic E-state index is 11.7. The Balaban J connectivity index is 2.68. The SMILES string of the molecule is C=CCNCC(=O)c1ccccc1OC. The lowest BCUT2D eigenvalue weighted by Gasteiger charge is -2.07. The Morgan fingerprint density at radius 2 is 2.27 bits per heavy atom. The van der Waals surface area contributed by atoms with Gasteiger partial charge >= 0.3 is 0 Å². The average molecular weight is 205 g/mol. The van der Waals surface area contributed by atoms with E-state index >= 15 is 0 Å². The van der Waals surface area contributed by atoms with Crippen molar-refractivity contribution in [3.63, 3.8) is 0 Å². The molecule has 0 unspecified atom stereocenters. The van der Waals surface area contributed by atoms with Gasteiger partial charge in [-0.25, -0.2) is 0 Å². The number of methoxy groups -OCH3 is 1. The van der Waals surface area contributed by atoms with Crippen molar-refractivity contribution in [3.8, 4) is 5.75 Å². The number of nitrogens with one attached hydrogen (secondary N) is 1. The summed E-state index contributed by atoms with van der Waals surface area (Å²) in [4.78, 5) is 11.7. The fourth-order valence-electron chi connectivity index (χ4n) is 1.26. The van der Waals surface area contributed by atoms with Crippen LogP contribution in [-0.2, 0) is 0 Å². The fourth-order valence-corrected chi connectivity index (χ4v) is 1.26. The topological polar surface area (TPSA) is 38.3 Å². The number of rotatable bonds is 6. The highest BCUT2D eigenvalue weighted by molar-refractivity contribution is 6.00. The maximum Gasteiger partial charge on any atom is 0.180 e. The predicted octanol–water partition coefficient (Wildman–Crippen LogP) is 1.65. The molecule has 1 aromatic carbocycles. The number of benzene rings is 1. The third-order valence-electron chi connectivity index (χ3n) is 1.98. The monoisotopic (exact) mass is 205 g/mol. The zero-order valence-electron chi connectivity index (χ0n) is 8.82. The number of Topliss-reactive ketones (excluding diaryl/α,β-unsaturated/α-hetero) is 1. The van der Waals surface area contributed by atoms with Crippen LogP contribution in [0.2, 0.25) is 0 Å². The Kier molecular flexibility index (Phi) is 4.57. The van der Waals surface area contributed by atoms with Gasteiger partial charge in [-0.2, -0.15) is 0 Å². The Morgan fingerprint density at radius 1 is 1.53 bits per heavy atom. The predicted molar refractivity (Wildman–Crippen MR) is 60.4 cm³/mol. The van der Waals surface area contributed by atoms with E-state index in [1.807, 2.05) is 12.1 Å². The minimum Gasteiger partial charge on any atom is -0.496 e. The molecule has 1 aromatic rings. The van der Waals surface area contributed by atoms with Gasteiger partial charge in [0.2, 0.25) is 0 Å². The summed E-state index contributed by atoms with van der Waals surface area (Å²) in [7, 11) is 1.56. The van der Waals surface area contributed by atoms with Crippen molar-refractivity contribution in [1.29, 1.82) is 0 Å². The highest BCUT2D eigenvalue weighted by Crippen LogP contribution is 2.17. The molecule has 15 heavy (non-hydrogen) atoms. The van der Waals surface area contributed by atoms with Crippen LogP contribution in [0.25, 0.3) is 0 Å². The number of hydrogen-bond donors (Lipinski definition) is 1. The summed E-state index contributed by atoms with van der Waals surface area (Å²) in [6.07, 6.45) is 1.72. The molecule has 3 heteroatoms. The van der Waals surface area contributed by atoms with Crippen LogP contribution < -0.4 is 10.1 Å². The summed E-state index contributed by atoms with van der Waals surface area (Å²) in [5, 5.41) is 2.96. The van der Waals surface area contributed by atoms with Gasteiger partial charge in [0, 0.05) is 6.54 Å². The molecule has 80 valence electrons. The second kappa shape index (κ2) is 5.98. The summed E-state index contributed by atoms with van der Waals surface area (Å²) < 4.78 is 5.10. The Morgan fingerprint density at radius 3 is 2.93 bits per heavy atom. The van der Waals surface area contributed by atoms with Crippen LogP contribution in [0.5, 0.6) is 5.75 Å². The molecule has 0 aromatic heterocycles. The van der Waals surface area contributed by atoms with E-state index in [-0.39, 0.29) is 5.78 Å². The highest BCUT2D eigenvalue weighted by atomic mass is 16.5. The minimum absolute atomic E-state index is 0.0225. The van der Waals surface area contributed by atoms with E-state index in [1.165, 1.54) is 0 Å². The summed E-state index contributed by atoms with van der Waals surface area (Å²) in [6, 6.07) is 7.20. The van der Waals surface area contributed by atoms with Gasteiger partial charge in [-0.15, -0.1) is 6.58 Å². The average Bonchev–Trinajstić information content (AvgIpc) is 2.29. The highest BCUT2D eigenvalue weighted by Gasteiger charge is 2.09. The zero-order valence-corrected chi connectivity index (χ0v) is 8.82. The summed E-state index contributed by atoms with van der Waals surface area (Å²) in [5.41, 5.74) is 0.608. The molecule has 0 amide bonds. The first-order chi connectivity index (χ1) is 7.29. The first kappa shape index (κ1) is 11.5. The van der Waals surface area contributed by atoms with Crippen LogP contribution in [0.15, 0.2) is 36.9 Å². The zero-order chi connectivity index (χ0) is 11.1. The molecule has 0 radical (unpaired) electrons. The van der Waals surface area contributed by atoms with Gasteiger partial charge in [0.15, 0.2) is 5.78 Å². The smallest absolute Gasteiger partial charge is 0.180 e. The number of carbonyl (C=O) groups is 1. The lowest BCUT2D eigenvalue weighted by Crippen LogP contribution is -2.23. The second-order valence-corrected chi connectivity index (χ2v) is 3.04. The van der Waals surface area contributed by atoms with Crippen LogP contribution >= 0.6 is 0 Å². The molecule has 0 aliphatic rings. The molecule has 0 spiro atoms. The minimum atomic E-state index is 0.0225. The second-order valence-electron chi connectivity index (χ2n) is 3.04. The molecule has 1 rings (SSSR count). The molecule has 3 nitrogen and oxygen atoms in total. The van der Waals surface area contributed by atoms with Gasteiger partial charge in [0.1, 0.15) is 5.75 Å². The largest absolute Gasteiger partial charge is 0.496 e. The lowest BCUT2D eigenvalue weighted by molar-refractivity contribution is 0.0989. The van der Waals surface area contributed by atoms with Crippen LogP contribution in [-0.4, -0.2) is 26.0 Å². The van der Waals surface area contributed by atoms with E-state index < -0.39 is 0 Å². The van der Waals surface area contributed by atoms with Crippen molar-refractivity contribution in [2.75, 3.05) is 20.2 Å². The Bertz CT molecular complexity index is 347. The van der Waals surface area contributed by atoms with Gasteiger partial charge in [-0.05, 0) is 12.1 Å². The number of ether oxygens (including phenoxy) is 1. The van der Waals surface area contributed by atoms with Crippen LogP contribution in [0.1, 0.15) is 10.4 Å². The van der Waals surface area contributed by atoms with E-state index in [9.17, 15) is 4.79 Å². The molecule has 0 heterocycles. The molecule has 0 atom stereocenters. The lowest BCUT2D eigenvalue weighted by atomic mass is 10.1. The van der Waals surface area contributed by atoms with Gasteiger partial charge in [0.05, 0.1) is 19.2 Å². The van der Waals surface area contributed by atoms with Gasteiger partial charge < -0.3 is 10.1 Å². The van der Waals surface area contributed by atoms with Crippen LogP contribution in [0.3, 0.4) is 0 Å². The number of hydrogen-bond acceptors (Lipinski definition) is 3. The van der Waals surface area contributed by atoms with Crippen molar-refractivity contribution in [1.82, 2.24) is 5.32 Å². The van der Waals surface area contributed by atoms with Crippen molar-refractivity contribution in [3.05, 3.63) is 42.5 Å². The van der Waals surface area contributed by atoms with Gasteiger partial charge in [0.25, 0.3) is 0 Å². The van der Waals surface area contributed by atoms with E-state index in [2.05, 4.69) is 11.9 Å². The maximum atomic E-state index is 11.7. The molecule has 0 aliphatic heterocycles. The number of ketones is 1. The van der Waals surface area contributed by atoms with Gasteiger partial charge in [-0.3, -0.25) is 4.79 Å². The van der Waals surface area contributed by atoms with E-state index in [4.69, 9.17) is 4.74 Å². The standard InChI is InChI=1S/C12H15NO2/c1-3-8-13-9-11(14)10-6-4-5-7-12(10)15-2/h3-7,13H,1,8-9H2,2H3. The molecular weight excluding hydrogens is 190 g/mol. The van der Waals surface area contributed by atoms with Crippen molar-refractivity contribution in [2.45, 2.75) is 0 Å². The summed E-state index contributed by atoms with van der Waals surface area (Å²) >= 11 is 0. The van der Waals surface area contributed by atoms with Crippen molar-refractivity contribution < 1.29 is 9.53 Å². The fraction of sp³-hybridized carbons (Fsp3) is 0.250. The van der Waals surface area contributed by atoms with E-state index in [0.29, 0.717) is 24.4 Å². The Hall–Kier alpha value is -1.61. The number of carbonyl (C=O) groups excluding carboxylic acids is 1. The van der Waals surface area contributed by atoms with Crippen LogP contribution in [0, 0.1) is 0 Å².